The fourth-order valence-corrected chi connectivity index (χ4v) is 2.76. The van der Waals surface area contributed by atoms with Gasteiger partial charge >= 0.3 is 0 Å². The predicted molar refractivity (Wildman–Crippen MR) is 76.1 cm³/mol. The van der Waals surface area contributed by atoms with Crippen LogP contribution in [-0.2, 0) is 6.42 Å². The number of nitrogens with zero attached hydrogens (tertiary/aromatic N) is 2. The monoisotopic (exact) mass is 265 g/mol. The molecule has 1 N–H and O–H groups in total. The van der Waals surface area contributed by atoms with Crippen LogP contribution in [0.2, 0.25) is 0 Å². The maximum absolute atomic E-state index is 5.36. The standard InChI is InChI=1S/C15H27N3O/c1-5-11-6-7-12(10-11)14-17-13(19-18-14)8-9-16-15(2,3)4/h11-12,16H,5-10H2,1-4H3. The largest absolute Gasteiger partial charge is 0.339 e. The van der Waals surface area contributed by atoms with Gasteiger partial charge in [-0.05, 0) is 46.0 Å². The molecule has 108 valence electrons. The molecule has 2 unspecified atom stereocenters. The molecule has 0 amide bonds. The van der Waals surface area contributed by atoms with Crippen molar-refractivity contribution in [1.82, 2.24) is 15.5 Å². The smallest absolute Gasteiger partial charge is 0.227 e. The molecule has 0 bridgehead atoms. The molecule has 0 spiro atoms. The van der Waals surface area contributed by atoms with Gasteiger partial charge in [-0.2, -0.15) is 4.98 Å². The van der Waals surface area contributed by atoms with Crippen LogP contribution < -0.4 is 5.32 Å². The Bertz CT molecular complexity index is 394. The number of nitrogens with one attached hydrogen (secondary N) is 1. The van der Waals surface area contributed by atoms with E-state index in [-0.39, 0.29) is 5.54 Å². The number of hydrogen-bond acceptors (Lipinski definition) is 4. The lowest BCUT2D eigenvalue weighted by atomic mass is 10.0. The molecule has 0 saturated heterocycles. The summed E-state index contributed by atoms with van der Waals surface area (Å²) in [7, 11) is 0. The molecule has 4 heteroatoms. The van der Waals surface area contributed by atoms with Gasteiger partial charge in [-0.1, -0.05) is 18.5 Å². The summed E-state index contributed by atoms with van der Waals surface area (Å²) in [6.07, 6.45) is 5.86. The molecule has 2 rings (SSSR count). The summed E-state index contributed by atoms with van der Waals surface area (Å²) in [5.41, 5.74) is 0.142. The van der Waals surface area contributed by atoms with E-state index in [1.807, 2.05) is 0 Å². The molecule has 4 nitrogen and oxygen atoms in total. The second kappa shape index (κ2) is 6.04. The Hall–Kier alpha value is -0.900. The lowest BCUT2D eigenvalue weighted by molar-refractivity contribution is 0.355. The van der Waals surface area contributed by atoms with E-state index in [1.54, 1.807) is 0 Å². The maximum atomic E-state index is 5.36. The number of rotatable bonds is 5. The minimum Gasteiger partial charge on any atom is -0.339 e. The highest BCUT2D eigenvalue weighted by Gasteiger charge is 2.28. The minimum absolute atomic E-state index is 0.142. The first-order valence-electron chi connectivity index (χ1n) is 7.55. The average Bonchev–Trinajstić information content (AvgIpc) is 2.94. The molecule has 0 aliphatic heterocycles. The lowest BCUT2D eigenvalue weighted by Crippen LogP contribution is -2.37. The van der Waals surface area contributed by atoms with E-state index in [1.165, 1.54) is 25.7 Å². The molecule has 0 aromatic carbocycles. The zero-order valence-electron chi connectivity index (χ0n) is 12.7. The van der Waals surface area contributed by atoms with E-state index in [0.717, 1.165) is 30.6 Å². The van der Waals surface area contributed by atoms with Crippen molar-refractivity contribution in [2.45, 2.75) is 71.3 Å². The lowest BCUT2D eigenvalue weighted by Gasteiger charge is -2.19. The Balaban J connectivity index is 1.82. The summed E-state index contributed by atoms with van der Waals surface area (Å²) in [6.45, 7) is 9.64. The third-order valence-electron chi connectivity index (χ3n) is 3.96. The van der Waals surface area contributed by atoms with Gasteiger partial charge in [-0.25, -0.2) is 0 Å². The van der Waals surface area contributed by atoms with Crippen LogP contribution in [0.5, 0.6) is 0 Å². The molecule has 19 heavy (non-hydrogen) atoms. The van der Waals surface area contributed by atoms with Gasteiger partial charge in [0.1, 0.15) is 0 Å². The topological polar surface area (TPSA) is 51.0 Å². The van der Waals surface area contributed by atoms with Crippen molar-refractivity contribution < 1.29 is 4.52 Å². The van der Waals surface area contributed by atoms with Gasteiger partial charge in [0.2, 0.25) is 5.89 Å². The van der Waals surface area contributed by atoms with Crippen molar-refractivity contribution in [2.75, 3.05) is 6.54 Å². The van der Waals surface area contributed by atoms with Crippen LogP contribution in [0.25, 0.3) is 0 Å². The Morgan fingerprint density at radius 1 is 1.32 bits per heavy atom. The van der Waals surface area contributed by atoms with Crippen LogP contribution in [-0.4, -0.2) is 22.2 Å². The number of aromatic nitrogens is 2. The first-order valence-corrected chi connectivity index (χ1v) is 7.55. The molecule has 1 fully saturated rings. The highest BCUT2D eigenvalue weighted by molar-refractivity contribution is 4.99. The van der Waals surface area contributed by atoms with Gasteiger partial charge in [0, 0.05) is 24.4 Å². The maximum Gasteiger partial charge on any atom is 0.227 e. The molecule has 1 aliphatic carbocycles. The van der Waals surface area contributed by atoms with Crippen molar-refractivity contribution in [1.29, 1.82) is 0 Å². The van der Waals surface area contributed by atoms with Crippen LogP contribution in [0.1, 0.15) is 71.0 Å². The second-order valence-electron chi connectivity index (χ2n) is 6.76. The van der Waals surface area contributed by atoms with Crippen molar-refractivity contribution in [3.8, 4) is 0 Å². The Morgan fingerprint density at radius 3 is 2.74 bits per heavy atom. The van der Waals surface area contributed by atoms with Crippen LogP contribution in [0.4, 0.5) is 0 Å². The first kappa shape index (κ1) is 14.5. The van der Waals surface area contributed by atoms with E-state index >= 15 is 0 Å². The van der Waals surface area contributed by atoms with E-state index in [2.05, 4.69) is 43.2 Å². The Labute approximate surface area is 116 Å². The quantitative estimate of drug-likeness (QED) is 0.887. The van der Waals surface area contributed by atoms with Crippen LogP contribution >= 0.6 is 0 Å². The average molecular weight is 265 g/mol. The fraction of sp³-hybridized carbons (Fsp3) is 0.867. The molecule has 2 atom stereocenters. The van der Waals surface area contributed by atoms with E-state index < -0.39 is 0 Å². The van der Waals surface area contributed by atoms with E-state index in [0.29, 0.717) is 5.92 Å². The number of hydrogen-bond donors (Lipinski definition) is 1. The molecule has 1 saturated carbocycles. The fourth-order valence-electron chi connectivity index (χ4n) is 2.76. The van der Waals surface area contributed by atoms with Gasteiger partial charge in [0.25, 0.3) is 0 Å². The van der Waals surface area contributed by atoms with Gasteiger partial charge in [-0.15, -0.1) is 0 Å². The Morgan fingerprint density at radius 2 is 2.11 bits per heavy atom. The minimum atomic E-state index is 0.142. The highest BCUT2D eigenvalue weighted by Crippen LogP contribution is 2.38. The molecule has 1 aliphatic rings. The van der Waals surface area contributed by atoms with Gasteiger partial charge in [-0.3, -0.25) is 0 Å². The molecular weight excluding hydrogens is 238 g/mol. The van der Waals surface area contributed by atoms with Crippen molar-refractivity contribution >= 4 is 0 Å². The van der Waals surface area contributed by atoms with Crippen LogP contribution in [0, 0.1) is 5.92 Å². The Kier molecular flexibility index (Phi) is 4.61. The molecule has 1 aromatic heterocycles. The third-order valence-corrected chi connectivity index (χ3v) is 3.96. The van der Waals surface area contributed by atoms with E-state index in [9.17, 15) is 0 Å². The SMILES string of the molecule is CCC1CCC(c2noc(CCNC(C)(C)C)n2)C1. The molecule has 1 heterocycles. The summed E-state index contributed by atoms with van der Waals surface area (Å²) in [4.78, 5) is 4.56. The summed E-state index contributed by atoms with van der Waals surface area (Å²) < 4.78 is 5.36. The molecule has 1 aromatic rings. The third kappa shape index (κ3) is 4.30. The van der Waals surface area contributed by atoms with Gasteiger partial charge in [0.15, 0.2) is 5.82 Å². The predicted octanol–water partition coefficient (Wildman–Crippen LogP) is 3.29. The normalized spacial score (nSPS) is 24.0. The van der Waals surface area contributed by atoms with Gasteiger partial charge < -0.3 is 9.84 Å². The van der Waals surface area contributed by atoms with Crippen LogP contribution in [0.15, 0.2) is 4.52 Å². The summed E-state index contributed by atoms with van der Waals surface area (Å²) >= 11 is 0. The molecular formula is C15H27N3O. The van der Waals surface area contributed by atoms with Crippen molar-refractivity contribution in [3.63, 3.8) is 0 Å². The van der Waals surface area contributed by atoms with E-state index in [4.69, 9.17) is 4.52 Å². The first-order chi connectivity index (χ1) is 8.98. The van der Waals surface area contributed by atoms with Crippen LogP contribution in [0.3, 0.4) is 0 Å². The van der Waals surface area contributed by atoms with Gasteiger partial charge in [0.05, 0.1) is 0 Å². The summed E-state index contributed by atoms with van der Waals surface area (Å²) in [5, 5.41) is 7.61. The molecule has 0 radical (unpaired) electrons. The zero-order valence-corrected chi connectivity index (χ0v) is 12.7. The highest BCUT2D eigenvalue weighted by atomic mass is 16.5. The summed E-state index contributed by atoms with van der Waals surface area (Å²) in [6, 6.07) is 0. The van der Waals surface area contributed by atoms with Crippen molar-refractivity contribution in [3.05, 3.63) is 11.7 Å². The second-order valence-corrected chi connectivity index (χ2v) is 6.76. The zero-order chi connectivity index (χ0) is 13.9. The van der Waals surface area contributed by atoms with Crippen molar-refractivity contribution in [2.24, 2.45) is 5.92 Å². The summed E-state index contributed by atoms with van der Waals surface area (Å²) in [5.74, 6) is 3.08.